The molecule has 0 unspecified atom stereocenters. The largest absolute Gasteiger partial charge is 0.493 e. The van der Waals surface area contributed by atoms with Crippen LogP contribution in [0.3, 0.4) is 0 Å². The van der Waals surface area contributed by atoms with Crippen LogP contribution in [0.4, 0.5) is 5.69 Å². The van der Waals surface area contributed by atoms with Gasteiger partial charge in [0.25, 0.3) is 0 Å². The molecule has 0 saturated heterocycles. The second-order valence-electron chi connectivity index (χ2n) is 11.9. The molecule has 3 atom stereocenters. The Kier molecular flexibility index (Phi) is 11.0. The van der Waals surface area contributed by atoms with E-state index in [9.17, 15) is 14.4 Å². The molecule has 4 aromatic rings. The molecule has 5 rings (SSSR count). The smallest absolute Gasteiger partial charge is 0.243 e. The number of benzene rings is 2. The molecule has 48 heavy (non-hydrogen) atoms. The molecule has 0 spiro atoms. The fourth-order valence-corrected chi connectivity index (χ4v) is 6.81. The number of carbonyl (C=O) groups is 2. The van der Waals surface area contributed by atoms with E-state index >= 15 is 0 Å². The number of anilines is 1. The number of rotatable bonds is 12. The van der Waals surface area contributed by atoms with Gasteiger partial charge in [-0.1, -0.05) is 44.5 Å². The van der Waals surface area contributed by atoms with Crippen molar-refractivity contribution in [3.05, 3.63) is 87.0 Å². The minimum atomic E-state index is -0.677. The summed E-state index contributed by atoms with van der Waals surface area (Å²) in [5, 5.41) is 12.2. The van der Waals surface area contributed by atoms with Crippen LogP contribution in [0.5, 0.6) is 17.2 Å². The van der Waals surface area contributed by atoms with E-state index < -0.39 is 12.1 Å². The highest BCUT2D eigenvalue weighted by molar-refractivity contribution is 7.13. The van der Waals surface area contributed by atoms with E-state index in [2.05, 4.69) is 20.9 Å². The van der Waals surface area contributed by atoms with Crippen LogP contribution in [0, 0.1) is 5.92 Å². The Labute approximate surface area is 284 Å². The zero-order valence-electron chi connectivity index (χ0n) is 28.1. The SMILES string of the molecule is CC[C@@H](C)[C@H](Nc1ccc2c(cc1=O)[C@@H](NC(C)=O)CCc1cc(OC)c(OC)c(OC)c1-2)C(=O)NCc1cccc(-c2nccs2)c1. The monoisotopic (exact) mass is 670 g/mol. The van der Waals surface area contributed by atoms with Crippen molar-refractivity contribution >= 4 is 28.8 Å². The summed E-state index contributed by atoms with van der Waals surface area (Å²) in [7, 11) is 4.68. The van der Waals surface area contributed by atoms with Crippen LogP contribution >= 0.6 is 11.3 Å². The number of aryl methyl sites for hydroxylation is 1. The van der Waals surface area contributed by atoms with Crippen LogP contribution in [0.2, 0.25) is 0 Å². The van der Waals surface area contributed by atoms with E-state index in [-0.39, 0.29) is 28.8 Å². The number of nitrogens with zero attached hydrogens (tertiary/aromatic N) is 1. The Morgan fingerprint density at radius 2 is 1.83 bits per heavy atom. The van der Waals surface area contributed by atoms with Crippen molar-refractivity contribution < 1.29 is 23.8 Å². The second kappa shape index (κ2) is 15.3. The predicted molar refractivity (Wildman–Crippen MR) is 189 cm³/mol. The lowest BCUT2D eigenvalue weighted by Gasteiger charge is -2.24. The third-order valence-electron chi connectivity index (χ3n) is 8.80. The van der Waals surface area contributed by atoms with Gasteiger partial charge in [0, 0.05) is 36.2 Å². The average Bonchev–Trinajstić information content (AvgIpc) is 3.54. The van der Waals surface area contributed by atoms with Gasteiger partial charge in [-0.3, -0.25) is 14.4 Å². The number of methoxy groups -OCH3 is 3. The van der Waals surface area contributed by atoms with Crippen molar-refractivity contribution in [2.45, 2.75) is 58.7 Å². The van der Waals surface area contributed by atoms with Crippen molar-refractivity contribution in [2.75, 3.05) is 26.6 Å². The third kappa shape index (κ3) is 7.31. The van der Waals surface area contributed by atoms with Crippen LogP contribution in [0.15, 0.2) is 64.9 Å². The van der Waals surface area contributed by atoms with E-state index in [4.69, 9.17) is 14.2 Å². The van der Waals surface area contributed by atoms with Crippen molar-refractivity contribution in [2.24, 2.45) is 5.92 Å². The Morgan fingerprint density at radius 1 is 1.04 bits per heavy atom. The summed E-state index contributed by atoms with van der Waals surface area (Å²) in [4.78, 5) is 44.3. The molecule has 1 aliphatic rings. The fraction of sp³-hybridized carbons (Fsp3) is 0.351. The van der Waals surface area contributed by atoms with Crippen molar-refractivity contribution in [1.82, 2.24) is 15.6 Å². The number of nitrogens with one attached hydrogen (secondary N) is 3. The first-order valence-corrected chi connectivity index (χ1v) is 16.9. The molecule has 1 aliphatic carbocycles. The van der Waals surface area contributed by atoms with Gasteiger partial charge in [-0.25, -0.2) is 4.98 Å². The normalized spacial score (nSPS) is 14.8. The van der Waals surface area contributed by atoms with E-state index in [1.54, 1.807) is 51.0 Å². The van der Waals surface area contributed by atoms with Crippen molar-refractivity contribution in [3.63, 3.8) is 0 Å². The number of fused-ring (bicyclic) bond motifs is 3. The Morgan fingerprint density at radius 3 is 2.50 bits per heavy atom. The molecule has 10 nitrogen and oxygen atoms in total. The van der Waals surface area contributed by atoms with Gasteiger partial charge < -0.3 is 30.2 Å². The van der Waals surface area contributed by atoms with Crippen molar-refractivity contribution in [3.8, 4) is 38.9 Å². The van der Waals surface area contributed by atoms with Gasteiger partial charge in [-0.2, -0.15) is 0 Å². The van der Waals surface area contributed by atoms with Gasteiger partial charge in [0.05, 0.1) is 33.1 Å². The summed E-state index contributed by atoms with van der Waals surface area (Å²) >= 11 is 1.56. The maximum atomic E-state index is 13.9. The Bertz CT molecular complexity index is 1840. The zero-order valence-corrected chi connectivity index (χ0v) is 29.0. The van der Waals surface area contributed by atoms with E-state index in [0.29, 0.717) is 54.2 Å². The number of aromatic nitrogens is 1. The number of hydrogen-bond acceptors (Lipinski definition) is 9. The van der Waals surface area contributed by atoms with Crippen LogP contribution in [0.25, 0.3) is 21.7 Å². The van der Waals surface area contributed by atoms with Gasteiger partial charge in [0.15, 0.2) is 11.5 Å². The molecule has 252 valence electrons. The quantitative estimate of drug-likeness (QED) is 0.164. The molecule has 0 saturated carbocycles. The van der Waals surface area contributed by atoms with Crippen molar-refractivity contribution in [1.29, 1.82) is 0 Å². The van der Waals surface area contributed by atoms with Gasteiger partial charge in [0.2, 0.25) is 23.0 Å². The van der Waals surface area contributed by atoms with Gasteiger partial charge in [-0.15, -0.1) is 11.3 Å². The number of amides is 2. The van der Waals surface area contributed by atoms with Gasteiger partial charge >= 0.3 is 0 Å². The van der Waals surface area contributed by atoms with Crippen LogP contribution in [-0.4, -0.2) is 44.2 Å². The summed E-state index contributed by atoms with van der Waals surface area (Å²) in [5.74, 6) is 0.927. The molecule has 3 N–H and O–H groups in total. The minimum absolute atomic E-state index is 0.0842. The lowest BCUT2D eigenvalue weighted by atomic mass is 9.95. The number of ether oxygens (including phenoxy) is 3. The summed E-state index contributed by atoms with van der Waals surface area (Å²) in [6, 6.07) is 13.8. The molecule has 0 bridgehead atoms. The van der Waals surface area contributed by atoms with Crippen LogP contribution in [0.1, 0.15) is 56.3 Å². The lowest BCUT2D eigenvalue weighted by Crippen LogP contribution is -2.44. The summed E-state index contributed by atoms with van der Waals surface area (Å²) < 4.78 is 17.2. The first-order chi connectivity index (χ1) is 23.2. The number of hydrogen-bond donors (Lipinski definition) is 3. The molecule has 1 heterocycles. The third-order valence-corrected chi connectivity index (χ3v) is 9.62. The summed E-state index contributed by atoms with van der Waals surface area (Å²) in [5.41, 5.74) is 4.97. The first kappa shape index (κ1) is 34.4. The molecular formula is C37H42N4O6S. The molecular weight excluding hydrogens is 628 g/mol. The van der Waals surface area contributed by atoms with E-state index in [1.165, 1.54) is 6.92 Å². The first-order valence-electron chi connectivity index (χ1n) is 16.0. The lowest BCUT2D eigenvalue weighted by molar-refractivity contribution is -0.123. The summed E-state index contributed by atoms with van der Waals surface area (Å²) in [6.07, 6.45) is 3.63. The highest BCUT2D eigenvalue weighted by atomic mass is 32.1. The molecule has 1 aromatic heterocycles. The highest BCUT2D eigenvalue weighted by Crippen LogP contribution is 2.50. The fourth-order valence-electron chi connectivity index (χ4n) is 6.18. The minimum Gasteiger partial charge on any atom is -0.493 e. The van der Waals surface area contributed by atoms with Crippen LogP contribution in [-0.2, 0) is 22.6 Å². The van der Waals surface area contributed by atoms with Crippen LogP contribution < -0.4 is 35.6 Å². The second-order valence-corrected chi connectivity index (χ2v) is 12.8. The maximum Gasteiger partial charge on any atom is 0.243 e. The zero-order chi connectivity index (χ0) is 34.4. The van der Waals surface area contributed by atoms with Gasteiger partial charge in [0.1, 0.15) is 11.0 Å². The summed E-state index contributed by atoms with van der Waals surface area (Å²) in [6.45, 7) is 5.78. The Balaban J connectivity index is 1.52. The van der Waals surface area contributed by atoms with E-state index in [0.717, 1.165) is 27.3 Å². The highest BCUT2D eigenvalue weighted by Gasteiger charge is 2.30. The molecule has 0 radical (unpaired) electrons. The maximum absolute atomic E-state index is 13.9. The molecule has 0 fully saturated rings. The Hall–Kier alpha value is -4.90. The molecule has 0 aliphatic heterocycles. The predicted octanol–water partition coefficient (Wildman–Crippen LogP) is 6.13. The van der Waals surface area contributed by atoms with E-state index in [1.807, 2.05) is 55.6 Å². The molecule has 11 heteroatoms. The molecule has 3 aromatic carbocycles. The average molecular weight is 671 g/mol. The number of carbonyl (C=O) groups excluding carboxylic acids is 2. The number of thiazole rings is 1. The molecule has 2 amide bonds. The topological polar surface area (TPSA) is 128 Å². The standard InChI is InChI=1S/C37H42N4O6S/c1-7-21(2)33(36(44)39-20-23-9-8-10-25(17-23)37-38-15-16-48-37)41-29-14-12-26-27(19-30(29)43)28(40-22(3)42)13-11-24-18-31(45-4)34(46-5)35(47-6)32(24)26/h8-10,12,14-19,21,28,33H,7,11,13,20H2,1-6H3,(H,39,44)(H,40,42)(H,41,43)/t21-,28+,33+/m1/s1. The van der Waals surface area contributed by atoms with Gasteiger partial charge in [-0.05, 0) is 65.3 Å².